The molecule has 1 aliphatic heterocycles. The molecule has 0 N–H and O–H groups in total. The molecule has 1 heterocycles. The summed E-state index contributed by atoms with van der Waals surface area (Å²) >= 11 is 0. The number of amides is 2. The third kappa shape index (κ3) is 3.60. The molecule has 1 unspecified atom stereocenters. The van der Waals surface area contributed by atoms with Gasteiger partial charge in [0.25, 0.3) is 17.5 Å². The van der Waals surface area contributed by atoms with E-state index in [2.05, 4.69) is 0 Å². The van der Waals surface area contributed by atoms with E-state index in [0.717, 1.165) is 4.90 Å². The average Bonchev–Trinajstić information content (AvgIpc) is 2.83. The van der Waals surface area contributed by atoms with Gasteiger partial charge in [-0.15, -0.1) is 0 Å². The number of nitro groups is 1. The van der Waals surface area contributed by atoms with Crippen molar-refractivity contribution in [2.45, 2.75) is 6.23 Å². The molecule has 0 aromatic heterocycles. The number of methoxy groups -OCH3 is 2. The molecule has 0 saturated carbocycles. The highest BCUT2D eigenvalue weighted by atomic mass is 16.6. The number of ether oxygens (including phenoxy) is 3. The van der Waals surface area contributed by atoms with Gasteiger partial charge < -0.3 is 14.2 Å². The predicted octanol–water partition coefficient (Wildman–Crippen LogP) is 3.99. The van der Waals surface area contributed by atoms with E-state index in [-0.39, 0.29) is 16.8 Å². The summed E-state index contributed by atoms with van der Waals surface area (Å²) < 4.78 is 16.7. The highest BCUT2D eigenvalue weighted by Gasteiger charge is 2.40. The number of carbonyl (C=O) groups is 2. The van der Waals surface area contributed by atoms with Crippen molar-refractivity contribution in [2.75, 3.05) is 14.2 Å². The molecule has 0 spiro atoms. The first-order chi connectivity index (χ1) is 15.4. The second-order valence-corrected chi connectivity index (χ2v) is 6.87. The minimum atomic E-state index is -1.08. The number of rotatable bonds is 5. The van der Waals surface area contributed by atoms with Crippen LogP contribution >= 0.6 is 0 Å². The fraction of sp³-hybridized carbons (Fsp3) is 0.130. The lowest BCUT2D eigenvalue weighted by molar-refractivity contribution is -0.384. The van der Waals surface area contributed by atoms with Crippen molar-refractivity contribution < 1.29 is 28.7 Å². The molecule has 1 atom stereocenters. The van der Waals surface area contributed by atoms with Crippen LogP contribution in [0.1, 0.15) is 32.5 Å². The molecule has 162 valence electrons. The number of hydrogen-bond donors (Lipinski definition) is 0. The molecule has 0 saturated heterocycles. The lowest BCUT2D eigenvalue weighted by atomic mass is 10.0. The van der Waals surface area contributed by atoms with Gasteiger partial charge in [-0.3, -0.25) is 19.7 Å². The molecule has 3 aromatic rings. The second kappa shape index (κ2) is 8.38. The van der Waals surface area contributed by atoms with Gasteiger partial charge in [0.1, 0.15) is 5.75 Å². The normalized spacial score (nSPS) is 14.9. The Labute approximate surface area is 182 Å². The van der Waals surface area contributed by atoms with Crippen LogP contribution in [0.15, 0.2) is 66.7 Å². The van der Waals surface area contributed by atoms with E-state index in [9.17, 15) is 19.7 Å². The smallest absolute Gasteiger partial charge is 0.269 e. The minimum Gasteiger partial charge on any atom is -0.493 e. The summed E-state index contributed by atoms with van der Waals surface area (Å²) in [5.74, 6) is 0.0221. The molecule has 0 radical (unpaired) electrons. The summed E-state index contributed by atoms with van der Waals surface area (Å²) in [5.41, 5.74) is 0.669. The molecule has 1 aliphatic rings. The van der Waals surface area contributed by atoms with Gasteiger partial charge >= 0.3 is 0 Å². The largest absolute Gasteiger partial charge is 0.493 e. The van der Waals surface area contributed by atoms with Crippen molar-refractivity contribution in [3.63, 3.8) is 0 Å². The highest BCUT2D eigenvalue weighted by Crippen LogP contribution is 2.39. The van der Waals surface area contributed by atoms with Crippen LogP contribution in [0.25, 0.3) is 0 Å². The number of nitrogens with zero attached hydrogens (tertiary/aromatic N) is 2. The van der Waals surface area contributed by atoms with E-state index >= 15 is 0 Å². The monoisotopic (exact) mass is 434 g/mol. The number of nitro benzene ring substituents is 1. The van der Waals surface area contributed by atoms with Crippen LogP contribution in [0, 0.1) is 10.1 Å². The average molecular weight is 434 g/mol. The number of benzene rings is 3. The van der Waals surface area contributed by atoms with Crippen molar-refractivity contribution in [3.05, 3.63) is 93.5 Å². The summed E-state index contributed by atoms with van der Waals surface area (Å²) in [6.45, 7) is 0. The molecule has 0 fully saturated rings. The maximum absolute atomic E-state index is 13.4. The Bertz CT molecular complexity index is 1210. The van der Waals surface area contributed by atoms with E-state index in [0.29, 0.717) is 22.8 Å². The number of fused-ring (bicyclic) bond motifs is 1. The Morgan fingerprint density at radius 3 is 2.34 bits per heavy atom. The topological polar surface area (TPSA) is 108 Å². The van der Waals surface area contributed by atoms with E-state index in [1.54, 1.807) is 42.5 Å². The molecule has 4 rings (SSSR count). The second-order valence-electron chi connectivity index (χ2n) is 6.87. The first kappa shape index (κ1) is 20.9. The third-order valence-corrected chi connectivity index (χ3v) is 5.05. The summed E-state index contributed by atoms with van der Waals surface area (Å²) in [7, 11) is 2.97. The highest BCUT2D eigenvalue weighted by molar-refractivity contribution is 6.12. The minimum absolute atomic E-state index is 0.109. The van der Waals surface area contributed by atoms with E-state index < -0.39 is 23.0 Å². The van der Waals surface area contributed by atoms with Gasteiger partial charge in [0.05, 0.1) is 24.7 Å². The first-order valence-electron chi connectivity index (χ1n) is 9.54. The number of imide groups is 1. The standard InChI is InChI=1S/C23H18N2O7/c1-30-19-12-9-15(13-20(19)31-2)23-24(22(27)17-5-3-4-6-18(17)32-23)21(26)14-7-10-16(11-8-14)25(28)29/h3-13,23H,1-2H3. The van der Waals surface area contributed by atoms with Gasteiger partial charge in [-0.2, -0.15) is 0 Å². The summed E-state index contributed by atoms with van der Waals surface area (Å²) in [6, 6.07) is 16.6. The maximum atomic E-state index is 13.4. The Balaban J connectivity index is 1.80. The summed E-state index contributed by atoms with van der Waals surface area (Å²) in [5, 5.41) is 10.9. The van der Waals surface area contributed by atoms with E-state index in [4.69, 9.17) is 14.2 Å². The molecule has 0 bridgehead atoms. The predicted molar refractivity (Wildman–Crippen MR) is 113 cm³/mol. The van der Waals surface area contributed by atoms with Gasteiger partial charge in [-0.05, 0) is 42.5 Å². The zero-order valence-electron chi connectivity index (χ0n) is 17.2. The number of non-ortho nitro benzene ring substituents is 1. The lowest BCUT2D eigenvalue weighted by Crippen LogP contribution is -2.45. The van der Waals surface area contributed by atoms with Crippen LogP contribution in [0.4, 0.5) is 5.69 Å². The van der Waals surface area contributed by atoms with Gasteiger partial charge in [0.2, 0.25) is 6.23 Å². The summed E-state index contributed by atoms with van der Waals surface area (Å²) in [4.78, 5) is 38.1. The zero-order valence-corrected chi connectivity index (χ0v) is 17.2. The SMILES string of the molecule is COc1ccc(C2Oc3ccccc3C(=O)N2C(=O)c2ccc([N+](=O)[O-])cc2)cc1OC. The molecule has 9 nitrogen and oxygen atoms in total. The Morgan fingerprint density at radius 1 is 1.00 bits per heavy atom. The fourth-order valence-corrected chi connectivity index (χ4v) is 3.44. The molecule has 32 heavy (non-hydrogen) atoms. The van der Waals surface area contributed by atoms with Gasteiger partial charge in [-0.25, -0.2) is 4.90 Å². The fourth-order valence-electron chi connectivity index (χ4n) is 3.44. The van der Waals surface area contributed by atoms with Crippen LogP contribution in [-0.2, 0) is 0 Å². The van der Waals surface area contributed by atoms with Crippen molar-refractivity contribution in [1.29, 1.82) is 0 Å². The van der Waals surface area contributed by atoms with Crippen molar-refractivity contribution in [3.8, 4) is 17.2 Å². The van der Waals surface area contributed by atoms with Crippen LogP contribution in [0.3, 0.4) is 0 Å². The van der Waals surface area contributed by atoms with Crippen molar-refractivity contribution in [1.82, 2.24) is 4.90 Å². The van der Waals surface area contributed by atoms with Crippen molar-refractivity contribution >= 4 is 17.5 Å². The molecular formula is C23H18N2O7. The van der Waals surface area contributed by atoms with E-state index in [1.165, 1.54) is 38.5 Å². The van der Waals surface area contributed by atoms with Crippen LogP contribution in [-0.4, -0.2) is 35.9 Å². The third-order valence-electron chi connectivity index (χ3n) is 5.05. The van der Waals surface area contributed by atoms with Gasteiger partial charge in [-0.1, -0.05) is 12.1 Å². The van der Waals surface area contributed by atoms with Crippen LogP contribution < -0.4 is 14.2 Å². The number of para-hydroxylation sites is 1. The quantitative estimate of drug-likeness (QED) is 0.339. The zero-order chi connectivity index (χ0) is 22.8. The molecule has 2 amide bonds. The van der Waals surface area contributed by atoms with Crippen molar-refractivity contribution in [2.24, 2.45) is 0 Å². The molecular weight excluding hydrogens is 416 g/mol. The number of carbonyl (C=O) groups excluding carboxylic acids is 2. The van der Waals surface area contributed by atoms with Gasteiger partial charge in [0.15, 0.2) is 11.5 Å². The first-order valence-corrected chi connectivity index (χ1v) is 9.54. The maximum Gasteiger partial charge on any atom is 0.269 e. The lowest BCUT2D eigenvalue weighted by Gasteiger charge is -2.35. The Kier molecular flexibility index (Phi) is 5.46. The molecule has 3 aromatic carbocycles. The molecule has 9 heteroatoms. The molecule has 0 aliphatic carbocycles. The van der Waals surface area contributed by atoms with Gasteiger partial charge in [0, 0.05) is 23.3 Å². The van der Waals surface area contributed by atoms with E-state index in [1.807, 2.05) is 0 Å². The van der Waals surface area contributed by atoms with Crippen LogP contribution in [0.2, 0.25) is 0 Å². The number of hydrogen-bond acceptors (Lipinski definition) is 7. The summed E-state index contributed by atoms with van der Waals surface area (Å²) in [6.07, 6.45) is -1.08. The van der Waals surface area contributed by atoms with Crippen LogP contribution in [0.5, 0.6) is 17.2 Å². The Morgan fingerprint density at radius 2 is 1.69 bits per heavy atom. The Hall–Kier alpha value is -4.40.